The Kier molecular flexibility index (Phi) is 3.93. The summed E-state index contributed by atoms with van der Waals surface area (Å²) in [4.78, 5) is 4.38. The van der Waals surface area contributed by atoms with Gasteiger partial charge in [0.1, 0.15) is 16.7 Å². The van der Waals surface area contributed by atoms with Gasteiger partial charge in [-0.3, -0.25) is 0 Å². The molecule has 0 saturated heterocycles. The molecule has 1 aromatic heterocycles. The summed E-state index contributed by atoms with van der Waals surface area (Å²) in [7, 11) is 1.66. The number of rotatable bonds is 4. The van der Waals surface area contributed by atoms with Gasteiger partial charge in [-0.05, 0) is 29.1 Å². The number of anilines is 1. The average Bonchev–Trinajstić information content (AvgIpc) is 2.53. The molecule has 0 bridgehead atoms. The van der Waals surface area contributed by atoms with Crippen molar-refractivity contribution in [2.75, 3.05) is 12.4 Å². The lowest BCUT2D eigenvalue weighted by Gasteiger charge is -2.10. The fraction of sp³-hybridized carbons (Fsp3) is 0.118. The number of hydrogen-bond acceptors (Lipinski definition) is 3. The number of benzene rings is 2. The fourth-order valence-corrected chi connectivity index (χ4v) is 2.43. The largest absolute Gasteiger partial charge is 0.497 e. The van der Waals surface area contributed by atoms with Crippen molar-refractivity contribution in [3.05, 3.63) is 65.3 Å². The first-order valence-corrected chi connectivity index (χ1v) is 7.06. The summed E-state index contributed by atoms with van der Waals surface area (Å²) < 4.78 is 5.16. The summed E-state index contributed by atoms with van der Waals surface area (Å²) in [5.74, 6) is 1.65. The number of nitrogens with zero attached hydrogens (tertiary/aromatic N) is 1. The van der Waals surface area contributed by atoms with Crippen LogP contribution in [0, 0.1) is 0 Å². The number of fused-ring (bicyclic) bond motifs is 1. The molecule has 0 radical (unpaired) electrons. The van der Waals surface area contributed by atoms with E-state index in [9.17, 15) is 0 Å². The lowest BCUT2D eigenvalue weighted by Crippen LogP contribution is -2.02. The zero-order valence-electron chi connectivity index (χ0n) is 11.6. The van der Waals surface area contributed by atoms with Gasteiger partial charge in [0.25, 0.3) is 0 Å². The molecule has 0 fully saturated rings. The topological polar surface area (TPSA) is 34.1 Å². The lowest BCUT2D eigenvalue weighted by molar-refractivity contribution is 0.414. The van der Waals surface area contributed by atoms with Crippen LogP contribution in [-0.2, 0) is 6.54 Å². The highest BCUT2D eigenvalue weighted by molar-refractivity contribution is 6.30. The van der Waals surface area contributed by atoms with E-state index in [4.69, 9.17) is 16.3 Å². The summed E-state index contributed by atoms with van der Waals surface area (Å²) in [6, 6.07) is 17.9. The molecule has 3 nitrogen and oxygen atoms in total. The van der Waals surface area contributed by atoms with Gasteiger partial charge in [0, 0.05) is 11.9 Å². The first kappa shape index (κ1) is 13.7. The second kappa shape index (κ2) is 6.02. The molecule has 0 aliphatic heterocycles. The minimum Gasteiger partial charge on any atom is -0.497 e. The van der Waals surface area contributed by atoms with Crippen LogP contribution in [0.4, 0.5) is 5.82 Å². The Hall–Kier alpha value is -2.26. The molecule has 0 atom stereocenters. The van der Waals surface area contributed by atoms with Crippen LogP contribution in [0.3, 0.4) is 0 Å². The number of methoxy groups -OCH3 is 1. The van der Waals surface area contributed by atoms with Crippen molar-refractivity contribution in [2.45, 2.75) is 6.54 Å². The predicted molar refractivity (Wildman–Crippen MR) is 87.1 cm³/mol. The van der Waals surface area contributed by atoms with Crippen LogP contribution in [0.15, 0.2) is 54.6 Å². The molecule has 1 heterocycles. The Balaban J connectivity index is 1.84. The molecule has 21 heavy (non-hydrogen) atoms. The van der Waals surface area contributed by atoms with E-state index in [-0.39, 0.29) is 0 Å². The van der Waals surface area contributed by atoms with E-state index in [2.05, 4.69) is 10.3 Å². The normalized spacial score (nSPS) is 10.6. The Morgan fingerprint density at radius 1 is 1.10 bits per heavy atom. The first-order valence-electron chi connectivity index (χ1n) is 6.68. The summed E-state index contributed by atoms with van der Waals surface area (Å²) in [6.07, 6.45) is 0. The third kappa shape index (κ3) is 3.09. The van der Waals surface area contributed by atoms with Crippen molar-refractivity contribution in [1.82, 2.24) is 4.98 Å². The summed E-state index contributed by atoms with van der Waals surface area (Å²) in [5.41, 5.74) is 1.15. The third-order valence-corrected chi connectivity index (χ3v) is 3.52. The number of ether oxygens (including phenoxy) is 1. The molecule has 0 aliphatic carbocycles. The van der Waals surface area contributed by atoms with Crippen molar-refractivity contribution < 1.29 is 4.74 Å². The van der Waals surface area contributed by atoms with E-state index in [1.54, 1.807) is 7.11 Å². The molecule has 2 aromatic carbocycles. The Morgan fingerprint density at radius 3 is 2.62 bits per heavy atom. The molecule has 0 unspecified atom stereocenters. The number of aromatic nitrogens is 1. The molecule has 0 saturated carbocycles. The zero-order chi connectivity index (χ0) is 14.7. The molecule has 3 rings (SSSR count). The highest BCUT2D eigenvalue weighted by Crippen LogP contribution is 2.25. The highest BCUT2D eigenvalue weighted by Gasteiger charge is 2.04. The van der Waals surface area contributed by atoms with Gasteiger partial charge < -0.3 is 10.1 Å². The second-order valence-electron chi connectivity index (χ2n) is 4.72. The van der Waals surface area contributed by atoms with Crippen molar-refractivity contribution in [2.24, 2.45) is 0 Å². The molecule has 4 heteroatoms. The van der Waals surface area contributed by atoms with Crippen molar-refractivity contribution >= 4 is 28.2 Å². The average molecular weight is 299 g/mol. The Labute approximate surface area is 128 Å². The van der Waals surface area contributed by atoms with Gasteiger partial charge in [-0.25, -0.2) is 4.98 Å². The van der Waals surface area contributed by atoms with Crippen molar-refractivity contribution in [1.29, 1.82) is 0 Å². The van der Waals surface area contributed by atoms with Gasteiger partial charge in [-0.2, -0.15) is 0 Å². The maximum atomic E-state index is 6.08. The standard InChI is InChI=1S/C17H15ClN2O/c1-21-14-8-6-12(7-9-14)11-19-17-15-5-3-2-4-13(15)10-16(18)20-17/h2-10H,11H2,1H3,(H,19,20). The highest BCUT2D eigenvalue weighted by atomic mass is 35.5. The smallest absolute Gasteiger partial charge is 0.135 e. The Bertz CT molecular complexity index is 756. The van der Waals surface area contributed by atoms with Crippen molar-refractivity contribution in [3.8, 4) is 5.75 Å². The minimum absolute atomic E-state index is 0.492. The summed E-state index contributed by atoms with van der Waals surface area (Å²) >= 11 is 6.08. The van der Waals surface area contributed by atoms with E-state index in [0.29, 0.717) is 11.7 Å². The number of hydrogen-bond donors (Lipinski definition) is 1. The van der Waals surface area contributed by atoms with E-state index >= 15 is 0 Å². The quantitative estimate of drug-likeness (QED) is 0.720. The molecule has 0 amide bonds. The van der Waals surface area contributed by atoms with Crippen LogP contribution in [0.25, 0.3) is 10.8 Å². The van der Waals surface area contributed by atoms with Crippen LogP contribution in [0.2, 0.25) is 5.15 Å². The lowest BCUT2D eigenvalue weighted by atomic mass is 10.1. The number of pyridine rings is 1. The molecular weight excluding hydrogens is 284 g/mol. The minimum atomic E-state index is 0.492. The van der Waals surface area contributed by atoms with Crippen LogP contribution in [0.1, 0.15) is 5.56 Å². The first-order chi connectivity index (χ1) is 10.3. The second-order valence-corrected chi connectivity index (χ2v) is 5.10. The number of halogens is 1. The van der Waals surface area contributed by atoms with Crippen LogP contribution in [0.5, 0.6) is 5.75 Å². The molecular formula is C17H15ClN2O. The molecule has 106 valence electrons. The van der Waals surface area contributed by atoms with Crippen LogP contribution < -0.4 is 10.1 Å². The molecule has 0 spiro atoms. The van der Waals surface area contributed by atoms with E-state index in [1.807, 2.05) is 54.6 Å². The summed E-state index contributed by atoms with van der Waals surface area (Å²) in [5, 5.41) is 5.98. The van der Waals surface area contributed by atoms with Gasteiger partial charge in [0.05, 0.1) is 7.11 Å². The third-order valence-electron chi connectivity index (χ3n) is 3.33. The Morgan fingerprint density at radius 2 is 1.86 bits per heavy atom. The summed E-state index contributed by atoms with van der Waals surface area (Å²) in [6.45, 7) is 0.682. The van der Waals surface area contributed by atoms with Crippen LogP contribution >= 0.6 is 11.6 Å². The van der Waals surface area contributed by atoms with Crippen molar-refractivity contribution in [3.63, 3.8) is 0 Å². The van der Waals surface area contributed by atoms with Crippen LogP contribution in [-0.4, -0.2) is 12.1 Å². The zero-order valence-corrected chi connectivity index (χ0v) is 12.4. The van der Waals surface area contributed by atoms with Gasteiger partial charge in [0.2, 0.25) is 0 Å². The number of nitrogens with one attached hydrogen (secondary N) is 1. The predicted octanol–water partition coefficient (Wildman–Crippen LogP) is 4.51. The van der Waals surface area contributed by atoms with Gasteiger partial charge in [0.15, 0.2) is 0 Å². The molecule has 0 aliphatic rings. The van der Waals surface area contributed by atoms with Gasteiger partial charge >= 0.3 is 0 Å². The molecule has 3 aromatic rings. The molecule has 1 N–H and O–H groups in total. The SMILES string of the molecule is COc1ccc(CNc2nc(Cl)cc3ccccc23)cc1. The van der Waals surface area contributed by atoms with E-state index in [0.717, 1.165) is 27.9 Å². The van der Waals surface area contributed by atoms with Gasteiger partial charge in [-0.1, -0.05) is 48.0 Å². The van der Waals surface area contributed by atoms with Gasteiger partial charge in [-0.15, -0.1) is 0 Å². The maximum Gasteiger partial charge on any atom is 0.135 e. The van der Waals surface area contributed by atoms with E-state index < -0.39 is 0 Å². The monoisotopic (exact) mass is 298 g/mol. The fourth-order valence-electron chi connectivity index (χ4n) is 2.23. The maximum absolute atomic E-state index is 6.08. The van der Waals surface area contributed by atoms with E-state index in [1.165, 1.54) is 0 Å².